The second kappa shape index (κ2) is 7.28. The molecule has 0 atom stereocenters. The highest BCUT2D eigenvalue weighted by atomic mass is 16.5. The number of aryl methyl sites for hydroxylation is 1. The van der Waals surface area contributed by atoms with Gasteiger partial charge in [-0.05, 0) is 42.7 Å². The first kappa shape index (κ1) is 14.8. The van der Waals surface area contributed by atoms with Crippen LogP contribution in [0.3, 0.4) is 0 Å². The van der Waals surface area contributed by atoms with Gasteiger partial charge >= 0.3 is 5.97 Å². The van der Waals surface area contributed by atoms with Crippen molar-refractivity contribution < 1.29 is 14.6 Å². The van der Waals surface area contributed by atoms with E-state index in [1.807, 2.05) is 18.2 Å². The molecular formula is C16H18N2O3. The van der Waals surface area contributed by atoms with E-state index in [0.717, 1.165) is 25.1 Å². The number of aromatic carboxylic acids is 1. The van der Waals surface area contributed by atoms with E-state index in [4.69, 9.17) is 9.84 Å². The summed E-state index contributed by atoms with van der Waals surface area (Å²) < 4.78 is 5.18. The molecule has 0 bridgehead atoms. The molecule has 0 radical (unpaired) electrons. The van der Waals surface area contributed by atoms with Crippen LogP contribution in [0.4, 0.5) is 5.82 Å². The van der Waals surface area contributed by atoms with Gasteiger partial charge in [-0.3, -0.25) is 0 Å². The number of nitrogens with one attached hydrogen (secondary N) is 1. The topological polar surface area (TPSA) is 71.5 Å². The van der Waals surface area contributed by atoms with E-state index in [-0.39, 0.29) is 5.69 Å². The van der Waals surface area contributed by atoms with Gasteiger partial charge in [0.25, 0.3) is 0 Å². The van der Waals surface area contributed by atoms with Gasteiger partial charge in [-0.15, -0.1) is 0 Å². The van der Waals surface area contributed by atoms with Crippen LogP contribution >= 0.6 is 0 Å². The molecule has 0 aliphatic rings. The van der Waals surface area contributed by atoms with Crippen molar-refractivity contribution in [3.8, 4) is 5.75 Å². The Morgan fingerprint density at radius 3 is 2.86 bits per heavy atom. The van der Waals surface area contributed by atoms with E-state index < -0.39 is 5.97 Å². The van der Waals surface area contributed by atoms with Crippen molar-refractivity contribution >= 4 is 11.8 Å². The number of rotatable bonds is 7. The maximum atomic E-state index is 10.8. The number of anilines is 1. The molecule has 0 amide bonds. The SMILES string of the molecule is COc1cccc(CCCNc2cccc(C(=O)O)n2)c1. The van der Waals surface area contributed by atoms with Crippen molar-refractivity contribution in [2.24, 2.45) is 0 Å². The van der Waals surface area contributed by atoms with Crippen LogP contribution in [0, 0.1) is 0 Å². The Labute approximate surface area is 123 Å². The first-order valence-electron chi connectivity index (χ1n) is 6.76. The third kappa shape index (κ3) is 4.49. The van der Waals surface area contributed by atoms with E-state index in [9.17, 15) is 4.79 Å². The maximum absolute atomic E-state index is 10.8. The molecule has 5 heteroatoms. The van der Waals surface area contributed by atoms with Gasteiger partial charge in [0, 0.05) is 6.54 Å². The molecule has 0 aliphatic carbocycles. The van der Waals surface area contributed by atoms with Crippen LogP contribution in [0.5, 0.6) is 5.75 Å². The predicted molar refractivity (Wildman–Crippen MR) is 81.0 cm³/mol. The summed E-state index contributed by atoms with van der Waals surface area (Å²) in [5, 5.41) is 12.0. The summed E-state index contributed by atoms with van der Waals surface area (Å²) in [6.07, 6.45) is 1.84. The zero-order chi connectivity index (χ0) is 15.1. The number of hydrogen-bond acceptors (Lipinski definition) is 4. The monoisotopic (exact) mass is 286 g/mol. The number of pyridine rings is 1. The number of methoxy groups -OCH3 is 1. The number of nitrogens with zero attached hydrogens (tertiary/aromatic N) is 1. The average Bonchev–Trinajstić information content (AvgIpc) is 2.52. The Morgan fingerprint density at radius 2 is 2.10 bits per heavy atom. The molecule has 110 valence electrons. The minimum Gasteiger partial charge on any atom is -0.497 e. The Kier molecular flexibility index (Phi) is 5.15. The lowest BCUT2D eigenvalue weighted by Crippen LogP contribution is -2.07. The zero-order valence-electron chi connectivity index (χ0n) is 11.9. The highest BCUT2D eigenvalue weighted by molar-refractivity contribution is 5.85. The minimum absolute atomic E-state index is 0.0489. The third-order valence-corrected chi connectivity index (χ3v) is 3.05. The van der Waals surface area contributed by atoms with E-state index in [1.54, 1.807) is 19.2 Å². The second-order valence-electron chi connectivity index (χ2n) is 4.60. The van der Waals surface area contributed by atoms with Crippen molar-refractivity contribution in [1.82, 2.24) is 4.98 Å². The zero-order valence-corrected chi connectivity index (χ0v) is 11.9. The number of ether oxygens (including phenoxy) is 1. The fraction of sp³-hybridized carbons (Fsp3) is 0.250. The first-order chi connectivity index (χ1) is 10.2. The number of aromatic nitrogens is 1. The lowest BCUT2D eigenvalue weighted by molar-refractivity contribution is 0.0690. The molecular weight excluding hydrogens is 268 g/mol. The van der Waals surface area contributed by atoms with Crippen LogP contribution in [0.15, 0.2) is 42.5 Å². The molecule has 0 spiro atoms. The highest BCUT2D eigenvalue weighted by Gasteiger charge is 2.04. The molecule has 0 unspecified atom stereocenters. The Hall–Kier alpha value is -2.56. The van der Waals surface area contributed by atoms with Gasteiger partial charge in [0.1, 0.15) is 11.6 Å². The van der Waals surface area contributed by atoms with Crippen molar-refractivity contribution in [3.05, 3.63) is 53.7 Å². The summed E-state index contributed by atoms with van der Waals surface area (Å²) >= 11 is 0. The third-order valence-electron chi connectivity index (χ3n) is 3.05. The van der Waals surface area contributed by atoms with Gasteiger partial charge in [-0.1, -0.05) is 18.2 Å². The quantitative estimate of drug-likeness (QED) is 0.766. The molecule has 1 aromatic heterocycles. The predicted octanol–water partition coefficient (Wildman–Crippen LogP) is 2.83. The lowest BCUT2D eigenvalue weighted by atomic mass is 10.1. The van der Waals surface area contributed by atoms with Gasteiger partial charge in [-0.25, -0.2) is 9.78 Å². The molecule has 0 aliphatic heterocycles. The Balaban J connectivity index is 1.81. The minimum atomic E-state index is -1.02. The Morgan fingerprint density at radius 1 is 1.29 bits per heavy atom. The van der Waals surface area contributed by atoms with Crippen LogP contribution in [0.1, 0.15) is 22.5 Å². The second-order valence-corrected chi connectivity index (χ2v) is 4.60. The summed E-state index contributed by atoms with van der Waals surface area (Å²) in [6, 6.07) is 12.9. The standard InChI is InChI=1S/C16H18N2O3/c1-21-13-7-2-5-12(11-13)6-4-10-17-15-9-3-8-14(18-15)16(19)20/h2-3,5,7-9,11H,4,6,10H2,1H3,(H,17,18)(H,19,20). The maximum Gasteiger partial charge on any atom is 0.354 e. The largest absolute Gasteiger partial charge is 0.497 e. The molecule has 2 aromatic rings. The van der Waals surface area contributed by atoms with Crippen molar-refractivity contribution in [1.29, 1.82) is 0 Å². The number of hydrogen-bond donors (Lipinski definition) is 2. The van der Waals surface area contributed by atoms with Crippen LogP contribution in [0.2, 0.25) is 0 Å². The molecule has 2 rings (SSSR count). The van der Waals surface area contributed by atoms with E-state index in [0.29, 0.717) is 5.82 Å². The summed E-state index contributed by atoms with van der Waals surface area (Å²) in [5.41, 5.74) is 1.26. The van der Waals surface area contributed by atoms with Gasteiger partial charge < -0.3 is 15.2 Å². The van der Waals surface area contributed by atoms with Gasteiger partial charge in [0.2, 0.25) is 0 Å². The number of benzene rings is 1. The van der Waals surface area contributed by atoms with Crippen LogP contribution in [0.25, 0.3) is 0 Å². The van der Waals surface area contributed by atoms with Gasteiger partial charge in [0.05, 0.1) is 7.11 Å². The van der Waals surface area contributed by atoms with Crippen molar-refractivity contribution in [2.75, 3.05) is 19.0 Å². The molecule has 0 saturated carbocycles. The average molecular weight is 286 g/mol. The van der Waals surface area contributed by atoms with Crippen molar-refractivity contribution in [3.63, 3.8) is 0 Å². The lowest BCUT2D eigenvalue weighted by Gasteiger charge is -2.07. The molecule has 2 N–H and O–H groups in total. The normalized spacial score (nSPS) is 10.1. The summed E-state index contributed by atoms with van der Waals surface area (Å²) in [4.78, 5) is 14.8. The molecule has 5 nitrogen and oxygen atoms in total. The van der Waals surface area contributed by atoms with Crippen LogP contribution < -0.4 is 10.1 Å². The molecule has 1 aromatic carbocycles. The number of carbonyl (C=O) groups is 1. The van der Waals surface area contributed by atoms with Gasteiger partial charge in [0.15, 0.2) is 5.69 Å². The van der Waals surface area contributed by atoms with E-state index in [2.05, 4.69) is 16.4 Å². The number of carboxylic acid groups (broad SMARTS) is 1. The summed E-state index contributed by atoms with van der Waals surface area (Å²) in [6.45, 7) is 0.729. The molecule has 0 saturated heterocycles. The van der Waals surface area contributed by atoms with Crippen LogP contribution in [-0.2, 0) is 6.42 Å². The van der Waals surface area contributed by atoms with Crippen LogP contribution in [-0.4, -0.2) is 29.7 Å². The fourth-order valence-electron chi connectivity index (χ4n) is 1.99. The molecule has 1 heterocycles. The Bertz CT molecular complexity index is 614. The molecule has 0 fully saturated rings. The van der Waals surface area contributed by atoms with E-state index in [1.165, 1.54) is 11.6 Å². The fourth-order valence-corrected chi connectivity index (χ4v) is 1.99. The number of carboxylic acids is 1. The smallest absolute Gasteiger partial charge is 0.354 e. The van der Waals surface area contributed by atoms with Crippen molar-refractivity contribution in [2.45, 2.75) is 12.8 Å². The highest BCUT2D eigenvalue weighted by Crippen LogP contribution is 2.14. The first-order valence-corrected chi connectivity index (χ1v) is 6.76. The van der Waals surface area contributed by atoms with E-state index >= 15 is 0 Å². The summed E-state index contributed by atoms with van der Waals surface area (Å²) in [5.74, 6) is 0.423. The van der Waals surface area contributed by atoms with Gasteiger partial charge in [-0.2, -0.15) is 0 Å². The summed E-state index contributed by atoms with van der Waals surface area (Å²) in [7, 11) is 1.65. The molecule has 21 heavy (non-hydrogen) atoms.